The van der Waals surface area contributed by atoms with E-state index in [2.05, 4.69) is 5.32 Å². The van der Waals surface area contributed by atoms with Crippen LogP contribution in [-0.4, -0.2) is 18.8 Å². The van der Waals surface area contributed by atoms with Crippen LogP contribution in [0.2, 0.25) is 0 Å². The fourth-order valence-electron chi connectivity index (χ4n) is 2.30. The molecule has 0 fully saturated rings. The van der Waals surface area contributed by atoms with Gasteiger partial charge in [-0.2, -0.15) is 5.26 Å². The maximum absolute atomic E-state index is 13.1. The van der Waals surface area contributed by atoms with E-state index < -0.39 is 23.4 Å². The van der Waals surface area contributed by atoms with E-state index in [1.54, 1.807) is 42.5 Å². The van der Waals surface area contributed by atoms with E-state index in [4.69, 9.17) is 4.74 Å². The van der Waals surface area contributed by atoms with Crippen LogP contribution in [0.1, 0.15) is 12.0 Å². The number of Topliss-reactive ketones (excluding diaryl/α,β-unsaturated/α-hetero) is 1. The molecule has 0 aliphatic rings. The van der Waals surface area contributed by atoms with E-state index in [0.717, 1.165) is 0 Å². The molecule has 128 valence electrons. The van der Waals surface area contributed by atoms with E-state index in [1.165, 1.54) is 19.2 Å². The number of halogens is 1. The molecule has 1 atom stereocenters. The maximum atomic E-state index is 13.1. The van der Waals surface area contributed by atoms with Gasteiger partial charge in [-0.05, 0) is 36.2 Å². The minimum absolute atomic E-state index is 0.0206. The van der Waals surface area contributed by atoms with Crippen molar-refractivity contribution >= 4 is 17.4 Å². The van der Waals surface area contributed by atoms with Crippen LogP contribution in [0.5, 0.6) is 5.75 Å². The summed E-state index contributed by atoms with van der Waals surface area (Å²) in [6.45, 7) is 0. The first kappa shape index (κ1) is 18.1. The number of benzene rings is 2. The third kappa shape index (κ3) is 5.15. The Balaban J connectivity index is 1.98. The molecule has 1 N–H and O–H groups in total. The number of hydrogen-bond acceptors (Lipinski definition) is 4. The SMILES string of the molecule is COc1cccc(NC(=O)C(C#N)C(=O)CCc2cccc(F)c2)c1. The molecule has 2 aromatic rings. The number of nitriles is 1. The zero-order valence-electron chi connectivity index (χ0n) is 13.7. The van der Waals surface area contributed by atoms with Crippen LogP contribution >= 0.6 is 0 Å². The number of rotatable bonds is 7. The van der Waals surface area contributed by atoms with E-state index in [0.29, 0.717) is 17.0 Å². The van der Waals surface area contributed by atoms with Crippen molar-refractivity contribution in [2.45, 2.75) is 12.8 Å². The molecule has 1 amide bonds. The van der Waals surface area contributed by atoms with Gasteiger partial charge in [-0.15, -0.1) is 0 Å². The first-order valence-electron chi connectivity index (χ1n) is 7.65. The molecule has 0 aliphatic heterocycles. The molecule has 0 aromatic heterocycles. The molecule has 0 aliphatic carbocycles. The Labute approximate surface area is 145 Å². The molecule has 2 rings (SSSR count). The zero-order valence-corrected chi connectivity index (χ0v) is 13.7. The quantitative estimate of drug-likeness (QED) is 0.786. The van der Waals surface area contributed by atoms with E-state index in [1.807, 2.05) is 0 Å². The van der Waals surface area contributed by atoms with Crippen LogP contribution in [0, 0.1) is 23.1 Å². The third-order valence-electron chi connectivity index (χ3n) is 3.60. The lowest BCUT2D eigenvalue weighted by molar-refractivity contribution is -0.128. The lowest BCUT2D eigenvalue weighted by Gasteiger charge is -2.10. The number of amides is 1. The maximum Gasteiger partial charge on any atom is 0.249 e. The number of anilines is 1. The number of methoxy groups -OCH3 is 1. The fourth-order valence-corrected chi connectivity index (χ4v) is 2.30. The summed E-state index contributed by atoms with van der Waals surface area (Å²) in [5, 5.41) is 11.7. The van der Waals surface area contributed by atoms with Gasteiger partial charge in [-0.25, -0.2) is 4.39 Å². The van der Waals surface area contributed by atoms with Gasteiger partial charge in [0.2, 0.25) is 5.91 Å². The minimum atomic E-state index is -1.42. The van der Waals surface area contributed by atoms with Gasteiger partial charge in [0, 0.05) is 18.2 Å². The smallest absolute Gasteiger partial charge is 0.249 e. The topological polar surface area (TPSA) is 79.2 Å². The largest absolute Gasteiger partial charge is 0.497 e. The van der Waals surface area contributed by atoms with Gasteiger partial charge in [0.25, 0.3) is 0 Å². The summed E-state index contributed by atoms with van der Waals surface area (Å²) in [5.41, 5.74) is 1.07. The number of carbonyl (C=O) groups excluding carboxylic acids is 2. The van der Waals surface area contributed by atoms with Gasteiger partial charge >= 0.3 is 0 Å². The number of nitrogens with one attached hydrogen (secondary N) is 1. The summed E-state index contributed by atoms with van der Waals surface area (Å²) in [4.78, 5) is 24.4. The highest BCUT2D eigenvalue weighted by atomic mass is 19.1. The Morgan fingerprint density at radius 1 is 1.24 bits per heavy atom. The fraction of sp³-hybridized carbons (Fsp3) is 0.211. The molecule has 0 bridgehead atoms. The Morgan fingerprint density at radius 2 is 2.00 bits per heavy atom. The van der Waals surface area contributed by atoms with Gasteiger partial charge < -0.3 is 10.1 Å². The van der Waals surface area contributed by atoms with Crippen molar-refractivity contribution in [1.82, 2.24) is 0 Å². The standard InChI is InChI=1S/C19H17FN2O3/c1-25-16-7-3-6-15(11-16)22-19(24)17(12-21)18(23)9-8-13-4-2-5-14(20)10-13/h2-7,10-11,17H,8-9H2,1H3,(H,22,24). The van der Waals surface area contributed by atoms with Gasteiger partial charge in [-0.1, -0.05) is 18.2 Å². The van der Waals surface area contributed by atoms with Crippen molar-refractivity contribution in [2.75, 3.05) is 12.4 Å². The number of hydrogen-bond donors (Lipinski definition) is 1. The molecule has 6 heteroatoms. The molecule has 0 saturated heterocycles. The average Bonchev–Trinajstić information content (AvgIpc) is 2.61. The molecule has 0 saturated carbocycles. The van der Waals surface area contributed by atoms with Crippen LogP contribution in [0.3, 0.4) is 0 Å². The van der Waals surface area contributed by atoms with E-state index >= 15 is 0 Å². The van der Waals surface area contributed by atoms with Crippen molar-refractivity contribution in [3.63, 3.8) is 0 Å². The Hall–Kier alpha value is -3.20. The van der Waals surface area contributed by atoms with Crippen LogP contribution in [-0.2, 0) is 16.0 Å². The summed E-state index contributed by atoms with van der Waals surface area (Å²) < 4.78 is 18.2. The Kier molecular flexibility index (Phi) is 6.24. The Morgan fingerprint density at radius 3 is 2.68 bits per heavy atom. The molecule has 0 radical (unpaired) electrons. The average molecular weight is 340 g/mol. The number of carbonyl (C=O) groups is 2. The number of ketones is 1. The van der Waals surface area contributed by atoms with Crippen LogP contribution in [0.25, 0.3) is 0 Å². The predicted octanol–water partition coefficient (Wildman–Crippen LogP) is 3.11. The summed E-state index contributed by atoms with van der Waals surface area (Å²) in [7, 11) is 1.49. The zero-order chi connectivity index (χ0) is 18.2. The minimum Gasteiger partial charge on any atom is -0.497 e. The van der Waals surface area contributed by atoms with Crippen molar-refractivity contribution in [3.8, 4) is 11.8 Å². The molecular weight excluding hydrogens is 323 g/mol. The highest BCUT2D eigenvalue weighted by molar-refractivity contribution is 6.09. The summed E-state index contributed by atoms with van der Waals surface area (Å²) in [5.74, 6) is -2.46. The van der Waals surface area contributed by atoms with Crippen molar-refractivity contribution in [2.24, 2.45) is 5.92 Å². The van der Waals surface area contributed by atoms with Crippen LogP contribution in [0.4, 0.5) is 10.1 Å². The van der Waals surface area contributed by atoms with Gasteiger partial charge in [0.05, 0.1) is 13.2 Å². The second-order valence-corrected chi connectivity index (χ2v) is 5.38. The number of ether oxygens (including phenoxy) is 1. The van der Waals surface area contributed by atoms with Gasteiger partial charge in [0.1, 0.15) is 11.6 Å². The highest BCUT2D eigenvalue weighted by Crippen LogP contribution is 2.18. The highest BCUT2D eigenvalue weighted by Gasteiger charge is 2.26. The number of aryl methyl sites for hydroxylation is 1. The lowest BCUT2D eigenvalue weighted by atomic mass is 9.98. The number of nitrogens with zero attached hydrogens (tertiary/aromatic N) is 1. The van der Waals surface area contributed by atoms with Crippen LogP contribution < -0.4 is 10.1 Å². The Bertz CT molecular complexity index is 814. The summed E-state index contributed by atoms with van der Waals surface area (Å²) in [6.07, 6.45) is 0.244. The summed E-state index contributed by atoms with van der Waals surface area (Å²) >= 11 is 0. The second-order valence-electron chi connectivity index (χ2n) is 5.38. The van der Waals surface area contributed by atoms with Gasteiger partial charge in [0.15, 0.2) is 11.7 Å². The van der Waals surface area contributed by atoms with Crippen molar-refractivity contribution in [3.05, 3.63) is 59.9 Å². The van der Waals surface area contributed by atoms with E-state index in [9.17, 15) is 19.2 Å². The molecule has 0 heterocycles. The lowest BCUT2D eigenvalue weighted by Crippen LogP contribution is -2.28. The molecule has 1 unspecified atom stereocenters. The monoisotopic (exact) mass is 340 g/mol. The molecular formula is C19H17FN2O3. The van der Waals surface area contributed by atoms with Crippen molar-refractivity contribution < 1.29 is 18.7 Å². The van der Waals surface area contributed by atoms with Crippen LogP contribution in [0.15, 0.2) is 48.5 Å². The van der Waals surface area contributed by atoms with Crippen molar-refractivity contribution in [1.29, 1.82) is 5.26 Å². The molecule has 5 nitrogen and oxygen atoms in total. The van der Waals surface area contributed by atoms with E-state index in [-0.39, 0.29) is 12.8 Å². The first-order valence-corrected chi connectivity index (χ1v) is 7.65. The normalized spacial score (nSPS) is 11.2. The summed E-state index contributed by atoms with van der Waals surface area (Å²) in [6, 6.07) is 14.2. The predicted molar refractivity (Wildman–Crippen MR) is 90.5 cm³/mol. The molecule has 0 spiro atoms. The first-order chi connectivity index (χ1) is 12.0. The van der Waals surface area contributed by atoms with Gasteiger partial charge in [-0.3, -0.25) is 9.59 Å². The third-order valence-corrected chi connectivity index (χ3v) is 3.60. The molecule has 25 heavy (non-hydrogen) atoms. The molecule has 2 aromatic carbocycles. The second kappa shape index (κ2) is 8.60.